The number of halogens is 2. The highest BCUT2D eigenvalue weighted by Gasteiger charge is 2.36. The summed E-state index contributed by atoms with van der Waals surface area (Å²) in [6.07, 6.45) is 2.33. The van der Waals surface area contributed by atoms with Crippen molar-refractivity contribution >= 4 is 11.8 Å². The Hall–Kier alpha value is -2.28. The van der Waals surface area contributed by atoms with Gasteiger partial charge in [0.15, 0.2) is 0 Å². The molecule has 0 radical (unpaired) electrons. The highest BCUT2D eigenvalue weighted by atomic mass is 19.1. The monoisotopic (exact) mass is 320 g/mol. The van der Waals surface area contributed by atoms with Crippen molar-refractivity contribution in [3.05, 3.63) is 47.7 Å². The van der Waals surface area contributed by atoms with Crippen LogP contribution < -0.4 is 10.6 Å². The van der Waals surface area contributed by atoms with Crippen LogP contribution in [0.5, 0.6) is 0 Å². The number of anilines is 2. The van der Waals surface area contributed by atoms with Gasteiger partial charge in [0.2, 0.25) is 5.95 Å². The van der Waals surface area contributed by atoms with Gasteiger partial charge in [-0.25, -0.2) is 13.8 Å². The average Bonchev–Trinajstić information content (AvgIpc) is 2.50. The van der Waals surface area contributed by atoms with Gasteiger partial charge in [0.1, 0.15) is 17.5 Å². The van der Waals surface area contributed by atoms with Crippen molar-refractivity contribution in [3.63, 3.8) is 0 Å². The van der Waals surface area contributed by atoms with Gasteiger partial charge in [0.25, 0.3) is 0 Å². The Morgan fingerprint density at radius 1 is 1.26 bits per heavy atom. The van der Waals surface area contributed by atoms with Gasteiger partial charge in [-0.1, -0.05) is 6.07 Å². The zero-order chi connectivity index (χ0) is 16.4. The van der Waals surface area contributed by atoms with Gasteiger partial charge in [0, 0.05) is 24.9 Å². The number of benzene rings is 1. The SMILES string of the molecule is CNc1ccnc(NC(c2ccc(F)cc2F)C2CC(O)C2)n1. The third-order valence-electron chi connectivity index (χ3n) is 4.11. The first-order valence-electron chi connectivity index (χ1n) is 7.47. The number of aliphatic hydroxyl groups is 1. The molecular formula is C16H18F2N4O. The van der Waals surface area contributed by atoms with E-state index in [1.807, 2.05) is 0 Å². The number of nitrogens with zero attached hydrogens (tertiary/aromatic N) is 2. The number of rotatable bonds is 5. The van der Waals surface area contributed by atoms with Crippen molar-refractivity contribution in [2.24, 2.45) is 5.92 Å². The van der Waals surface area contributed by atoms with Crippen LogP contribution in [0.2, 0.25) is 0 Å². The molecule has 1 atom stereocenters. The first-order chi connectivity index (χ1) is 11.1. The van der Waals surface area contributed by atoms with Gasteiger partial charge in [-0.3, -0.25) is 0 Å². The molecule has 122 valence electrons. The zero-order valence-electron chi connectivity index (χ0n) is 12.6. The molecule has 0 amide bonds. The summed E-state index contributed by atoms with van der Waals surface area (Å²) in [5, 5.41) is 15.6. The second kappa shape index (κ2) is 6.45. The second-order valence-electron chi connectivity index (χ2n) is 5.69. The van der Waals surface area contributed by atoms with E-state index in [0.717, 1.165) is 6.07 Å². The van der Waals surface area contributed by atoms with Crippen molar-refractivity contribution in [1.29, 1.82) is 0 Å². The van der Waals surface area contributed by atoms with Gasteiger partial charge in [-0.2, -0.15) is 4.98 Å². The Balaban J connectivity index is 1.89. The summed E-state index contributed by atoms with van der Waals surface area (Å²) in [6.45, 7) is 0. The van der Waals surface area contributed by atoms with Gasteiger partial charge < -0.3 is 15.7 Å². The summed E-state index contributed by atoms with van der Waals surface area (Å²) >= 11 is 0. The lowest BCUT2D eigenvalue weighted by Gasteiger charge is -2.38. The third kappa shape index (κ3) is 3.39. The molecule has 0 saturated heterocycles. The van der Waals surface area contributed by atoms with Crippen molar-refractivity contribution in [1.82, 2.24) is 9.97 Å². The quantitative estimate of drug-likeness (QED) is 0.790. The van der Waals surface area contributed by atoms with Crippen LogP contribution in [0.1, 0.15) is 24.4 Å². The van der Waals surface area contributed by atoms with E-state index in [-0.39, 0.29) is 12.0 Å². The summed E-state index contributed by atoms with van der Waals surface area (Å²) in [5.74, 6) is -0.214. The molecule has 3 N–H and O–H groups in total. The van der Waals surface area contributed by atoms with Crippen LogP contribution in [0.15, 0.2) is 30.5 Å². The van der Waals surface area contributed by atoms with Crippen LogP contribution in [0.3, 0.4) is 0 Å². The fourth-order valence-electron chi connectivity index (χ4n) is 2.81. The summed E-state index contributed by atoms with van der Waals surface area (Å²) in [7, 11) is 1.74. The van der Waals surface area contributed by atoms with Crippen molar-refractivity contribution in [3.8, 4) is 0 Å². The van der Waals surface area contributed by atoms with E-state index in [0.29, 0.717) is 30.2 Å². The van der Waals surface area contributed by atoms with Crippen molar-refractivity contribution < 1.29 is 13.9 Å². The first kappa shape index (κ1) is 15.6. The minimum Gasteiger partial charge on any atom is -0.393 e. The Morgan fingerprint density at radius 2 is 2.04 bits per heavy atom. The molecule has 1 unspecified atom stereocenters. The summed E-state index contributed by atoms with van der Waals surface area (Å²) < 4.78 is 27.3. The molecular weight excluding hydrogens is 302 g/mol. The number of hydrogen-bond donors (Lipinski definition) is 3. The van der Waals surface area contributed by atoms with E-state index in [9.17, 15) is 13.9 Å². The van der Waals surface area contributed by atoms with E-state index >= 15 is 0 Å². The lowest BCUT2D eigenvalue weighted by Crippen LogP contribution is -2.36. The second-order valence-corrected chi connectivity index (χ2v) is 5.69. The smallest absolute Gasteiger partial charge is 0.225 e. The molecule has 0 spiro atoms. The normalized spacial score (nSPS) is 21.4. The molecule has 23 heavy (non-hydrogen) atoms. The standard InChI is InChI=1S/C16H18F2N4O/c1-19-14-4-5-20-16(21-14)22-15(9-6-11(23)7-9)12-3-2-10(17)8-13(12)18/h2-5,8-9,11,15,23H,6-7H2,1H3,(H2,19,20,21,22). The molecule has 1 aliphatic rings. The predicted molar refractivity (Wildman–Crippen MR) is 83.0 cm³/mol. The first-order valence-corrected chi connectivity index (χ1v) is 7.47. The lowest BCUT2D eigenvalue weighted by molar-refractivity contribution is 0.0333. The van der Waals surface area contributed by atoms with Crippen LogP contribution in [-0.2, 0) is 0 Å². The Bertz CT molecular complexity index is 692. The van der Waals surface area contributed by atoms with Crippen LogP contribution >= 0.6 is 0 Å². The molecule has 0 aliphatic heterocycles. The van der Waals surface area contributed by atoms with Gasteiger partial charge in [0.05, 0.1) is 12.1 Å². The number of aromatic nitrogens is 2. The van der Waals surface area contributed by atoms with E-state index in [4.69, 9.17) is 0 Å². The summed E-state index contributed by atoms with van der Waals surface area (Å²) in [4.78, 5) is 8.41. The maximum Gasteiger partial charge on any atom is 0.225 e. The van der Waals surface area contributed by atoms with Gasteiger partial charge in [-0.05, 0) is 30.9 Å². The predicted octanol–water partition coefficient (Wildman–Crippen LogP) is 2.72. The van der Waals surface area contributed by atoms with E-state index in [2.05, 4.69) is 20.6 Å². The molecule has 1 fully saturated rings. The highest BCUT2D eigenvalue weighted by molar-refractivity contribution is 5.41. The fourth-order valence-corrected chi connectivity index (χ4v) is 2.81. The summed E-state index contributed by atoms with van der Waals surface area (Å²) in [6, 6.07) is 4.81. The van der Waals surface area contributed by atoms with Crippen LogP contribution in [0.4, 0.5) is 20.5 Å². The molecule has 1 aromatic carbocycles. The number of aliphatic hydroxyl groups excluding tert-OH is 1. The summed E-state index contributed by atoms with van der Waals surface area (Å²) in [5.41, 5.74) is 0.349. The molecule has 1 saturated carbocycles. The van der Waals surface area contributed by atoms with Gasteiger partial charge >= 0.3 is 0 Å². The average molecular weight is 320 g/mol. The topological polar surface area (TPSA) is 70.1 Å². The number of nitrogens with one attached hydrogen (secondary N) is 2. The fraction of sp³-hybridized carbons (Fsp3) is 0.375. The molecule has 2 aromatic rings. The van der Waals surface area contributed by atoms with E-state index in [1.54, 1.807) is 19.3 Å². The van der Waals surface area contributed by atoms with Crippen molar-refractivity contribution in [2.75, 3.05) is 17.7 Å². The maximum atomic E-state index is 14.2. The molecule has 1 heterocycles. The van der Waals surface area contributed by atoms with E-state index < -0.39 is 17.7 Å². The van der Waals surface area contributed by atoms with Crippen LogP contribution in [-0.4, -0.2) is 28.2 Å². The molecule has 0 bridgehead atoms. The molecule has 5 nitrogen and oxygen atoms in total. The Morgan fingerprint density at radius 3 is 2.70 bits per heavy atom. The van der Waals surface area contributed by atoms with Crippen LogP contribution in [0, 0.1) is 17.6 Å². The highest BCUT2D eigenvalue weighted by Crippen LogP contribution is 2.40. The number of hydrogen-bond acceptors (Lipinski definition) is 5. The zero-order valence-corrected chi connectivity index (χ0v) is 12.6. The maximum absolute atomic E-state index is 14.2. The third-order valence-corrected chi connectivity index (χ3v) is 4.11. The minimum absolute atomic E-state index is 0.0341. The molecule has 1 aliphatic carbocycles. The molecule has 1 aromatic heterocycles. The minimum atomic E-state index is -0.618. The van der Waals surface area contributed by atoms with Crippen LogP contribution in [0.25, 0.3) is 0 Å². The van der Waals surface area contributed by atoms with Gasteiger partial charge in [-0.15, -0.1) is 0 Å². The van der Waals surface area contributed by atoms with Crippen molar-refractivity contribution in [2.45, 2.75) is 25.0 Å². The largest absolute Gasteiger partial charge is 0.393 e. The molecule has 7 heteroatoms. The van der Waals surface area contributed by atoms with E-state index in [1.165, 1.54) is 12.1 Å². The Kier molecular flexibility index (Phi) is 4.38. The Labute approximate surface area is 132 Å². The molecule has 3 rings (SSSR count). The lowest BCUT2D eigenvalue weighted by atomic mass is 9.75.